The zero-order chi connectivity index (χ0) is 21.3. The molecule has 0 radical (unpaired) electrons. The van der Waals surface area contributed by atoms with E-state index in [2.05, 4.69) is 9.88 Å². The second kappa shape index (κ2) is 7.86. The monoisotopic (exact) mass is 411 g/mol. The van der Waals surface area contributed by atoms with Gasteiger partial charge in [0.2, 0.25) is 0 Å². The van der Waals surface area contributed by atoms with Gasteiger partial charge < -0.3 is 9.64 Å². The number of anilines is 1. The molecule has 154 valence electrons. The largest absolute Gasteiger partial charge is 0.486 e. The van der Waals surface area contributed by atoms with Gasteiger partial charge in [0.05, 0.1) is 22.7 Å². The van der Waals surface area contributed by atoms with Gasteiger partial charge in [0, 0.05) is 30.4 Å². The van der Waals surface area contributed by atoms with Crippen LogP contribution in [0.1, 0.15) is 42.6 Å². The molecule has 1 saturated heterocycles. The molecule has 1 aliphatic rings. The molecule has 1 fully saturated rings. The van der Waals surface area contributed by atoms with E-state index in [0.717, 1.165) is 47.4 Å². The number of nitrogens with zero attached hydrogens (tertiary/aromatic N) is 3. The first-order valence-corrected chi connectivity index (χ1v) is 9.78. The molecule has 0 bridgehead atoms. The van der Waals surface area contributed by atoms with E-state index in [4.69, 9.17) is 10.00 Å². The van der Waals surface area contributed by atoms with Crippen molar-refractivity contribution in [1.82, 2.24) is 4.98 Å². The molecule has 7 heteroatoms. The number of nitriles is 1. The lowest BCUT2D eigenvalue weighted by molar-refractivity contribution is -0.137. The summed E-state index contributed by atoms with van der Waals surface area (Å²) >= 11 is 0. The van der Waals surface area contributed by atoms with E-state index in [0.29, 0.717) is 0 Å². The van der Waals surface area contributed by atoms with Crippen molar-refractivity contribution < 1.29 is 17.9 Å². The summed E-state index contributed by atoms with van der Waals surface area (Å²) in [5.74, 6) is 0.0627. The van der Waals surface area contributed by atoms with E-state index in [9.17, 15) is 13.2 Å². The molecule has 4 nitrogen and oxygen atoms in total. The van der Waals surface area contributed by atoms with Crippen LogP contribution in [0.3, 0.4) is 0 Å². The minimum absolute atomic E-state index is 0.0627. The first-order valence-electron chi connectivity index (χ1n) is 9.78. The van der Waals surface area contributed by atoms with Crippen molar-refractivity contribution >= 4 is 16.6 Å². The van der Waals surface area contributed by atoms with Crippen molar-refractivity contribution in [2.24, 2.45) is 0 Å². The number of benzene rings is 2. The quantitative estimate of drug-likeness (QED) is 0.539. The molecule has 2 aromatic carbocycles. The molecule has 1 aliphatic heterocycles. The maximum atomic E-state index is 13.2. The minimum atomic E-state index is -4.62. The fourth-order valence-corrected chi connectivity index (χ4v) is 3.84. The van der Waals surface area contributed by atoms with Gasteiger partial charge in [-0.1, -0.05) is 12.1 Å². The van der Waals surface area contributed by atoms with Gasteiger partial charge >= 0.3 is 6.18 Å². The van der Waals surface area contributed by atoms with E-state index in [1.165, 1.54) is 18.9 Å². The van der Waals surface area contributed by atoms with Crippen LogP contribution in [-0.2, 0) is 6.18 Å². The molecule has 30 heavy (non-hydrogen) atoms. The summed E-state index contributed by atoms with van der Waals surface area (Å²) in [4.78, 5) is 6.81. The van der Waals surface area contributed by atoms with Crippen molar-refractivity contribution in [2.75, 3.05) is 18.0 Å². The maximum absolute atomic E-state index is 13.2. The summed E-state index contributed by atoms with van der Waals surface area (Å²) in [5, 5.41) is 9.98. The average Bonchev–Trinajstić information content (AvgIpc) is 3.27. The predicted molar refractivity (Wildman–Crippen MR) is 108 cm³/mol. The first kappa shape index (κ1) is 20.0. The van der Waals surface area contributed by atoms with Crippen molar-refractivity contribution in [1.29, 1.82) is 5.26 Å². The Kier molecular flexibility index (Phi) is 5.25. The second-order valence-electron chi connectivity index (χ2n) is 7.38. The number of ether oxygens (including phenoxy) is 1. The predicted octanol–water partition coefficient (Wildman–Crippen LogP) is 5.87. The van der Waals surface area contributed by atoms with E-state index in [-0.39, 0.29) is 5.75 Å². The Morgan fingerprint density at radius 1 is 1.10 bits per heavy atom. The summed E-state index contributed by atoms with van der Waals surface area (Å²) in [6.45, 7) is 3.83. The molecular formula is C23H20F3N3O. The molecule has 0 saturated carbocycles. The van der Waals surface area contributed by atoms with Gasteiger partial charge in [0.1, 0.15) is 11.9 Å². The van der Waals surface area contributed by atoms with Crippen LogP contribution in [0.2, 0.25) is 0 Å². The average molecular weight is 411 g/mol. The normalized spacial score (nSPS) is 15.2. The molecule has 0 amide bonds. The SMILES string of the molecule is CC(Oc1ccc(C#N)c(C(F)(F)F)c1)c1ccc2c(N3CCCC3)ccnc2c1. The number of halogens is 3. The molecule has 2 heterocycles. The molecule has 1 unspecified atom stereocenters. The Morgan fingerprint density at radius 2 is 1.87 bits per heavy atom. The van der Waals surface area contributed by atoms with Gasteiger partial charge in [0.25, 0.3) is 0 Å². The lowest BCUT2D eigenvalue weighted by atomic mass is 10.1. The fraction of sp³-hybridized carbons (Fsp3) is 0.304. The molecule has 0 spiro atoms. The maximum Gasteiger partial charge on any atom is 0.417 e. The summed E-state index contributed by atoms with van der Waals surface area (Å²) in [5.41, 5.74) is 1.37. The molecule has 1 atom stereocenters. The van der Waals surface area contributed by atoms with Crippen molar-refractivity contribution in [3.8, 4) is 11.8 Å². The van der Waals surface area contributed by atoms with Gasteiger partial charge in [-0.15, -0.1) is 0 Å². The molecule has 1 aromatic heterocycles. The van der Waals surface area contributed by atoms with Crippen LogP contribution in [0.4, 0.5) is 18.9 Å². The van der Waals surface area contributed by atoms with E-state index in [1.807, 2.05) is 24.3 Å². The van der Waals surface area contributed by atoms with Gasteiger partial charge in [-0.05, 0) is 55.7 Å². The second-order valence-corrected chi connectivity index (χ2v) is 7.38. The van der Waals surface area contributed by atoms with Crippen molar-refractivity contribution in [3.05, 3.63) is 65.4 Å². The minimum Gasteiger partial charge on any atom is -0.486 e. The number of aromatic nitrogens is 1. The van der Waals surface area contributed by atoms with Crippen molar-refractivity contribution in [2.45, 2.75) is 32.0 Å². The Balaban J connectivity index is 1.61. The molecule has 0 aliphatic carbocycles. The van der Waals surface area contributed by atoms with Crippen LogP contribution < -0.4 is 9.64 Å². The molecule has 0 N–H and O–H groups in total. The Bertz CT molecular complexity index is 1110. The Morgan fingerprint density at radius 3 is 2.57 bits per heavy atom. The third-order valence-electron chi connectivity index (χ3n) is 5.39. The number of alkyl halides is 3. The summed E-state index contributed by atoms with van der Waals surface area (Å²) in [6.07, 6.45) is -0.969. The van der Waals surface area contributed by atoms with Crippen LogP contribution in [0.25, 0.3) is 10.9 Å². The summed E-state index contributed by atoms with van der Waals surface area (Å²) in [6, 6.07) is 12.8. The number of rotatable bonds is 4. The van der Waals surface area contributed by atoms with Gasteiger partial charge in [0.15, 0.2) is 0 Å². The lowest BCUT2D eigenvalue weighted by Gasteiger charge is -2.21. The van der Waals surface area contributed by atoms with Crippen LogP contribution in [-0.4, -0.2) is 18.1 Å². The highest BCUT2D eigenvalue weighted by Crippen LogP contribution is 2.36. The fourth-order valence-electron chi connectivity index (χ4n) is 3.84. The third-order valence-corrected chi connectivity index (χ3v) is 5.39. The van der Waals surface area contributed by atoms with Gasteiger partial charge in [-0.2, -0.15) is 18.4 Å². The van der Waals surface area contributed by atoms with Crippen LogP contribution >= 0.6 is 0 Å². The lowest BCUT2D eigenvalue weighted by Crippen LogP contribution is -2.18. The molecular weight excluding hydrogens is 391 g/mol. The number of hydrogen-bond acceptors (Lipinski definition) is 4. The number of pyridine rings is 1. The Hall–Kier alpha value is -3.27. The van der Waals surface area contributed by atoms with E-state index >= 15 is 0 Å². The van der Waals surface area contributed by atoms with Crippen LogP contribution in [0.15, 0.2) is 48.7 Å². The van der Waals surface area contributed by atoms with Gasteiger partial charge in [-0.25, -0.2) is 0 Å². The highest BCUT2D eigenvalue weighted by atomic mass is 19.4. The van der Waals surface area contributed by atoms with E-state index < -0.39 is 23.4 Å². The van der Waals surface area contributed by atoms with Gasteiger partial charge in [-0.3, -0.25) is 4.98 Å². The summed E-state index contributed by atoms with van der Waals surface area (Å²) in [7, 11) is 0. The summed E-state index contributed by atoms with van der Waals surface area (Å²) < 4.78 is 45.4. The standard InChI is InChI=1S/C23H20F3N3O/c1-15(30-18-6-4-17(14-27)20(13-18)23(24,25)26)16-5-7-19-21(12-16)28-9-8-22(19)29-10-2-3-11-29/h4-9,12-13,15H,2-3,10-11H2,1H3. The number of hydrogen-bond donors (Lipinski definition) is 0. The number of fused-ring (bicyclic) bond motifs is 1. The Labute approximate surface area is 172 Å². The molecule has 4 rings (SSSR count). The topological polar surface area (TPSA) is 49.1 Å². The van der Waals surface area contributed by atoms with Crippen LogP contribution in [0, 0.1) is 11.3 Å². The van der Waals surface area contributed by atoms with Crippen LogP contribution in [0.5, 0.6) is 5.75 Å². The first-order chi connectivity index (χ1) is 14.4. The third kappa shape index (κ3) is 3.90. The zero-order valence-electron chi connectivity index (χ0n) is 16.4. The molecule has 3 aromatic rings. The highest BCUT2D eigenvalue weighted by molar-refractivity contribution is 5.92. The zero-order valence-corrected chi connectivity index (χ0v) is 16.4. The highest BCUT2D eigenvalue weighted by Gasteiger charge is 2.34. The van der Waals surface area contributed by atoms with Crippen molar-refractivity contribution in [3.63, 3.8) is 0 Å². The smallest absolute Gasteiger partial charge is 0.417 e. The van der Waals surface area contributed by atoms with E-state index in [1.54, 1.807) is 19.2 Å².